The number of rotatable bonds is 5. The van der Waals surface area contributed by atoms with E-state index in [-0.39, 0.29) is 13.0 Å². The quantitative estimate of drug-likeness (QED) is 0.827. The van der Waals surface area contributed by atoms with E-state index in [9.17, 15) is 9.59 Å². The molecule has 1 aliphatic carbocycles. The number of fused-ring (bicyclic) bond motifs is 1. The van der Waals surface area contributed by atoms with Crippen molar-refractivity contribution >= 4 is 29.2 Å². The molecule has 0 heterocycles. The number of anilines is 1. The standard InChI is InChI=1S/C20H20ClNO3/c1-13-5-8-18(17(21)9-13)22-19(23)12-25-20(24)11-14-6-7-15-3-2-4-16(15)10-14/h5-10H,2-4,11-12H2,1H3,(H,22,23). The average molecular weight is 358 g/mol. The van der Waals surface area contributed by atoms with Crippen LogP contribution in [0.15, 0.2) is 36.4 Å². The Morgan fingerprint density at radius 2 is 1.92 bits per heavy atom. The molecule has 0 radical (unpaired) electrons. The van der Waals surface area contributed by atoms with Crippen molar-refractivity contribution in [2.75, 3.05) is 11.9 Å². The van der Waals surface area contributed by atoms with Crippen LogP contribution in [-0.2, 0) is 33.6 Å². The zero-order valence-electron chi connectivity index (χ0n) is 14.1. The molecule has 25 heavy (non-hydrogen) atoms. The van der Waals surface area contributed by atoms with Crippen LogP contribution in [0.2, 0.25) is 5.02 Å². The number of benzene rings is 2. The normalized spacial score (nSPS) is 12.6. The van der Waals surface area contributed by atoms with Gasteiger partial charge in [0.2, 0.25) is 0 Å². The number of carbonyl (C=O) groups is 2. The second-order valence-corrected chi connectivity index (χ2v) is 6.73. The van der Waals surface area contributed by atoms with Crippen LogP contribution in [0.4, 0.5) is 5.69 Å². The first-order valence-electron chi connectivity index (χ1n) is 8.33. The monoisotopic (exact) mass is 357 g/mol. The van der Waals surface area contributed by atoms with E-state index in [0.717, 1.165) is 24.0 Å². The number of ether oxygens (including phenoxy) is 1. The first-order valence-corrected chi connectivity index (χ1v) is 8.71. The van der Waals surface area contributed by atoms with Gasteiger partial charge in [0.15, 0.2) is 6.61 Å². The molecular weight excluding hydrogens is 338 g/mol. The minimum Gasteiger partial charge on any atom is -0.455 e. The summed E-state index contributed by atoms with van der Waals surface area (Å²) in [6.07, 6.45) is 3.52. The van der Waals surface area contributed by atoms with Gasteiger partial charge in [0.05, 0.1) is 17.1 Å². The highest BCUT2D eigenvalue weighted by atomic mass is 35.5. The van der Waals surface area contributed by atoms with E-state index in [1.54, 1.807) is 12.1 Å². The van der Waals surface area contributed by atoms with Crippen LogP contribution in [0.25, 0.3) is 0 Å². The van der Waals surface area contributed by atoms with Gasteiger partial charge in [0, 0.05) is 0 Å². The van der Waals surface area contributed by atoms with Crippen molar-refractivity contribution in [2.45, 2.75) is 32.6 Å². The van der Waals surface area contributed by atoms with E-state index in [1.807, 2.05) is 19.1 Å². The fourth-order valence-corrected chi connectivity index (χ4v) is 3.29. The van der Waals surface area contributed by atoms with Crippen LogP contribution < -0.4 is 5.32 Å². The molecular formula is C20H20ClNO3. The predicted molar refractivity (Wildman–Crippen MR) is 97.9 cm³/mol. The third kappa shape index (κ3) is 4.60. The summed E-state index contributed by atoms with van der Waals surface area (Å²) in [5.41, 5.74) is 5.12. The highest BCUT2D eigenvalue weighted by Gasteiger charge is 2.14. The summed E-state index contributed by atoms with van der Waals surface area (Å²) in [5, 5.41) is 3.10. The van der Waals surface area contributed by atoms with Gasteiger partial charge in [-0.3, -0.25) is 9.59 Å². The lowest BCUT2D eigenvalue weighted by molar-refractivity contribution is -0.146. The summed E-state index contributed by atoms with van der Waals surface area (Å²) >= 11 is 6.07. The molecule has 0 aliphatic heterocycles. The lowest BCUT2D eigenvalue weighted by atomic mass is 10.0. The van der Waals surface area contributed by atoms with Gasteiger partial charge in [-0.1, -0.05) is 35.9 Å². The summed E-state index contributed by atoms with van der Waals surface area (Å²) in [6.45, 7) is 1.59. The number of hydrogen-bond acceptors (Lipinski definition) is 3. The average Bonchev–Trinajstić information content (AvgIpc) is 3.03. The van der Waals surface area contributed by atoms with E-state index >= 15 is 0 Å². The van der Waals surface area contributed by atoms with Crippen LogP contribution in [-0.4, -0.2) is 18.5 Å². The van der Waals surface area contributed by atoms with E-state index in [1.165, 1.54) is 17.5 Å². The van der Waals surface area contributed by atoms with Gasteiger partial charge in [0.25, 0.3) is 5.91 Å². The number of nitrogens with one attached hydrogen (secondary N) is 1. The van der Waals surface area contributed by atoms with Gasteiger partial charge in [0.1, 0.15) is 0 Å². The molecule has 1 aliphatic rings. The SMILES string of the molecule is Cc1ccc(NC(=O)COC(=O)Cc2ccc3c(c2)CCC3)c(Cl)c1. The molecule has 0 spiro atoms. The summed E-state index contributed by atoms with van der Waals surface area (Å²) < 4.78 is 5.07. The Labute approximate surface area is 152 Å². The van der Waals surface area contributed by atoms with Crippen molar-refractivity contribution < 1.29 is 14.3 Å². The molecule has 0 saturated carbocycles. The van der Waals surface area contributed by atoms with Gasteiger partial charge >= 0.3 is 5.97 Å². The topological polar surface area (TPSA) is 55.4 Å². The zero-order chi connectivity index (χ0) is 17.8. The number of amides is 1. The molecule has 1 amide bonds. The molecule has 0 fully saturated rings. The van der Waals surface area contributed by atoms with Gasteiger partial charge in [-0.05, 0) is 60.6 Å². The number of carbonyl (C=O) groups excluding carboxylic acids is 2. The maximum Gasteiger partial charge on any atom is 0.310 e. The molecule has 0 saturated heterocycles. The van der Waals surface area contributed by atoms with E-state index in [0.29, 0.717) is 10.7 Å². The largest absolute Gasteiger partial charge is 0.455 e. The van der Waals surface area contributed by atoms with Crippen molar-refractivity contribution in [2.24, 2.45) is 0 Å². The second kappa shape index (κ2) is 7.70. The van der Waals surface area contributed by atoms with Crippen molar-refractivity contribution in [1.29, 1.82) is 0 Å². The summed E-state index contributed by atoms with van der Waals surface area (Å²) in [7, 11) is 0. The fourth-order valence-electron chi connectivity index (χ4n) is 3.01. The first-order chi connectivity index (χ1) is 12.0. The Hall–Kier alpha value is -2.33. The summed E-state index contributed by atoms with van der Waals surface area (Å²) in [4.78, 5) is 23.9. The van der Waals surface area contributed by atoms with Gasteiger partial charge in [-0.25, -0.2) is 0 Å². The highest BCUT2D eigenvalue weighted by molar-refractivity contribution is 6.33. The molecule has 3 rings (SSSR count). The van der Waals surface area contributed by atoms with Crippen molar-refractivity contribution in [3.05, 3.63) is 63.7 Å². The second-order valence-electron chi connectivity index (χ2n) is 6.33. The maximum absolute atomic E-state index is 12.0. The fraction of sp³-hybridized carbons (Fsp3) is 0.300. The van der Waals surface area contributed by atoms with E-state index in [4.69, 9.17) is 16.3 Å². The van der Waals surface area contributed by atoms with E-state index < -0.39 is 11.9 Å². The van der Waals surface area contributed by atoms with Crippen LogP contribution in [0.3, 0.4) is 0 Å². The Morgan fingerprint density at radius 3 is 2.72 bits per heavy atom. The molecule has 0 aromatic heterocycles. The van der Waals surface area contributed by atoms with Crippen LogP contribution in [0, 0.1) is 6.92 Å². The van der Waals surface area contributed by atoms with Crippen molar-refractivity contribution in [1.82, 2.24) is 0 Å². The molecule has 0 unspecified atom stereocenters. The number of halogens is 1. The number of esters is 1. The van der Waals surface area contributed by atoms with Gasteiger partial charge in [-0.2, -0.15) is 0 Å². The zero-order valence-corrected chi connectivity index (χ0v) is 14.9. The maximum atomic E-state index is 12.0. The number of aryl methyl sites for hydroxylation is 3. The smallest absolute Gasteiger partial charge is 0.310 e. The highest BCUT2D eigenvalue weighted by Crippen LogP contribution is 2.23. The van der Waals surface area contributed by atoms with E-state index in [2.05, 4.69) is 17.4 Å². The lowest BCUT2D eigenvalue weighted by Crippen LogP contribution is -2.21. The Morgan fingerprint density at radius 1 is 1.12 bits per heavy atom. The van der Waals surface area contributed by atoms with Crippen molar-refractivity contribution in [3.8, 4) is 0 Å². The minimum atomic E-state index is -0.414. The molecule has 2 aromatic carbocycles. The Kier molecular flexibility index (Phi) is 5.39. The third-order valence-electron chi connectivity index (χ3n) is 4.27. The summed E-state index contributed by atoms with van der Waals surface area (Å²) in [5.74, 6) is -0.823. The minimum absolute atomic E-state index is 0.172. The van der Waals surface area contributed by atoms with Gasteiger partial charge in [-0.15, -0.1) is 0 Å². The van der Waals surface area contributed by atoms with Crippen LogP contribution in [0.5, 0.6) is 0 Å². The molecule has 130 valence electrons. The predicted octanol–water partition coefficient (Wildman–Crippen LogP) is 3.86. The Balaban J connectivity index is 1.49. The molecule has 4 nitrogen and oxygen atoms in total. The summed E-state index contributed by atoms with van der Waals surface area (Å²) in [6, 6.07) is 11.4. The number of hydrogen-bond donors (Lipinski definition) is 1. The van der Waals surface area contributed by atoms with Gasteiger partial charge < -0.3 is 10.1 Å². The van der Waals surface area contributed by atoms with Crippen LogP contribution in [0.1, 0.15) is 28.7 Å². The first kappa shape index (κ1) is 17.5. The molecule has 0 bridgehead atoms. The third-order valence-corrected chi connectivity index (χ3v) is 4.59. The van der Waals surface area contributed by atoms with Crippen LogP contribution >= 0.6 is 11.6 Å². The van der Waals surface area contributed by atoms with Crippen molar-refractivity contribution in [3.63, 3.8) is 0 Å². The molecule has 5 heteroatoms. The lowest BCUT2D eigenvalue weighted by Gasteiger charge is -2.09. The Bertz CT molecular complexity index is 817. The molecule has 0 atom stereocenters. The molecule has 2 aromatic rings. The molecule has 1 N–H and O–H groups in total.